The number of hydrogen-bond acceptors (Lipinski definition) is 3. The smallest absolute Gasteiger partial charge is 0.337 e. The fraction of sp³-hybridized carbons (Fsp3) is 0.533. The topological polar surface area (TPSA) is 52.6 Å². The molecule has 4 nitrogen and oxygen atoms in total. The van der Waals surface area contributed by atoms with E-state index in [1.807, 2.05) is 19.1 Å². The molecule has 1 aromatic rings. The molecule has 0 spiro atoms. The highest BCUT2D eigenvalue weighted by molar-refractivity contribution is 5.94. The first-order valence-electron chi connectivity index (χ1n) is 6.79. The molecule has 2 rings (SSSR count). The van der Waals surface area contributed by atoms with Gasteiger partial charge in [0.2, 0.25) is 0 Å². The van der Waals surface area contributed by atoms with Gasteiger partial charge in [0.15, 0.2) is 0 Å². The first kappa shape index (κ1) is 13.9. The molecule has 0 aromatic heterocycles. The fourth-order valence-electron chi connectivity index (χ4n) is 2.23. The van der Waals surface area contributed by atoms with Gasteiger partial charge in [0.25, 0.3) is 0 Å². The number of likely N-dealkylation sites (N-methyl/N-ethyl adjacent to an activating group) is 1. The quantitative estimate of drug-likeness (QED) is 0.827. The third-order valence-corrected chi connectivity index (χ3v) is 3.81. The van der Waals surface area contributed by atoms with Crippen LogP contribution in [0.1, 0.15) is 35.7 Å². The summed E-state index contributed by atoms with van der Waals surface area (Å²) in [7, 11) is 2.14. The largest absolute Gasteiger partial charge is 0.478 e. The average molecular weight is 262 g/mol. The zero-order valence-corrected chi connectivity index (χ0v) is 11.8. The number of aryl methyl sites for hydroxylation is 1. The maximum absolute atomic E-state index is 11.2. The van der Waals surface area contributed by atoms with E-state index < -0.39 is 5.97 Å². The summed E-state index contributed by atoms with van der Waals surface area (Å²) in [6.07, 6.45) is 2.57. The number of nitrogens with one attached hydrogen (secondary N) is 1. The normalized spacial score (nSPS) is 16.4. The molecule has 104 valence electrons. The summed E-state index contributed by atoms with van der Waals surface area (Å²) in [6.45, 7) is 4.90. The van der Waals surface area contributed by atoms with Crippen molar-refractivity contribution in [2.45, 2.75) is 38.8 Å². The van der Waals surface area contributed by atoms with E-state index in [1.54, 1.807) is 6.07 Å². The predicted octanol–water partition coefficient (Wildman–Crippen LogP) is 2.59. The van der Waals surface area contributed by atoms with E-state index in [-0.39, 0.29) is 0 Å². The lowest BCUT2D eigenvalue weighted by Crippen LogP contribution is -2.36. The maximum atomic E-state index is 11.2. The molecule has 0 amide bonds. The molecule has 1 aliphatic rings. The van der Waals surface area contributed by atoms with E-state index in [1.165, 1.54) is 12.8 Å². The number of carboxylic acids is 1. The summed E-state index contributed by atoms with van der Waals surface area (Å²) in [5.41, 5.74) is 2.12. The van der Waals surface area contributed by atoms with Gasteiger partial charge in [-0.1, -0.05) is 6.07 Å². The van der Waals surface area contributed by atoms with Crippen molar-refractivity contribution >= 4 is 11.7 Å². The molecule has 2 N–H and O–H groups in total. The van der Waals surface area contributed by atoms with Crippen LogP contribution < -0.4 is 5.32 Å². The second-order valence-electron chi connectivity index (χ2n) is 5.48. The summed E-state index contributed by atoms with van der Waals surface area (Å²) in [5.74, 6) is -0.884. The van der Waals surface area contributed by atoms with Crippen molar-refractivity contribution in [3.8, 4) is 0 Å². The van der Waals surface area contributed by atoms with E-state index in [2.05, 4.69) is 24.2 Å². The van der Waals surface area contributed by atoms with E-state index >= 15 is 0 Å². The Morgan fingerprint density at radius 1 is 1.53 bits per heavy atom. The number of carboxylic acid groups (broad SMARTS) is 1. The van der Waals surface area contributed by atoms with Crippen LogP contribution in [0, 0.1) is 6.92 Å². The van der Waals surface area contributed by atoms with Gasteiger partial charge in [-0.15, -0.1) is 0 Å². The minimum atomic E-state index is -0.884. The molecule has 1 aliphatic carbocycles. The van der Waals surface area contributed by atoms with Crippen LogP contribution >= 0.6 is 0 Å². The van der Waals surface area contributed by atoms with Gasteiger partial charge in [0.1, 0.15) is 0 Å². The molecule has 0 saturated heterocycles. The number of nitrogens with zero attached hydrogens (tertiary/aromatic N) is 1. The Morgan fingerprint density at radius 2 is 2.21 bits per heavy atom. The Hall–Kier alpha value is -1.55. The van der Waals surface area contributed by atoms with E-state index in [4.69, 9.17) is 0 Å². The second-order valence-corrected chi connectivity index (χ2v) is 5.48. The Labute approximate surface area is 114 Å². The van der Waals surface area contributed by atoms with Gasteiger partial charge in [-0.05, 0) is 51.4 Å². The van der Waals surface area contributed by atoms with Crippen molar-refractivity contribution in [3.05, 3.63) is 29.3 Å². The standard InChI is InChI=1S/C15H22N2O2/c1-10-4-7-13(15(18)19)14(8-10)16-9-11(2)17(3)12-5-6-12/h4,7-8,11-12,16H,5-6,9H2,1-3H3,(H,18,19). The highest BCUT2D eigenvalue weighted by Crippen LogP contribution is 2.27. The van der Waals surface area contributed by atoms with Crippen LogP contribution in [0.3, 0.4) is 0 Å². The summed E-state index contributed by atoms with van der Waals surface area (Å²) in [5, 5.41) is 12.5. The molecular weight excluding hydrogens is 240 g/mol. The third-order valence-electron chi connectivity index (χ3n) is 3.81. The van der Waals surface area contributed by atoms with Crippen molar-refractivity contribution in [2.75, 3.05) is 18.9 Å². The molecular formula is C15H22N2O2. The van der Waals surface area contributed by atoms with Crippen LogP contribution in [-0.4, -0.2) is 41.7 Å². The first-order valence-corrected chi connectivity index (χ1v) is 6.79. The minimum Gasteiger partial charge on any atom is -0.478 e. The second kappa shape index (κ2) is 5.61. The van der Waals surface area contributed by atoms with Crippen LogP contribution in [0.4, 0.5) is 5.69 Å². The van der Waals surface area contributed by atoms with Crippen LogP contribution in [0.5, 0.6) is 0 Å². The molecule has 1 atom stereocenters. The zero-order chi connectivity index (χ0) is 14.0. The number of rotatable bonds is 6. The average Bonchev–Trinajstić information content (AvgIpc) is 3.18. The van der Waals surface area contributed by atoms with Gasteiger partial charge in [-0.25, -0.2) is 4.79 Å². The Kier molecular flexibility index (Phi) is 4.10. The lowest BCUT2D eigenvalue weighted by atomic mass is 10.1. The van der Waals surface area contributed by atoms with Crippen LogP contribution in [-0.2, 0) is 0 Å². The van der Waals surface area contributed by atoms with Crippen molar-refractivity contribution < 1.29 is 9.90 Å². The molecule has 19 heavy (non-hydrogen) atoms. The Bertz CT molecular complexity index is 469. The van der Waals surface area contributed by atoms with Crippen molar-refractivity contribution in [2.24, 2.45) is 0 Å². The molecule has 4 heteroatoms. The number of anilines is 1. The Balaban J connectivity index is 2.01. The third kappa shape index (κ3) is 3.47. The SMILES string of the molecule is Cc1ccc(C(=O)O)c(NCC(C)N(C)C2CC2)c1. The summed E-state index contributed by atoms with van der Waals surface area (Å²) in [4.78, 5) is 13.5. The van der Waals surface area contributed by atoms with Gasteiger partial charge in [-0.3, -0.25) is 4.90 Å². The summed E-state index contributed by atoms with van der Waals surface area (Å²) < 4.78 is 0. The summed E-state index contributed by atoms with van der Waals surface area (Å²) in [6, 6.07) is 6.50. The van der Waals surface area contributed by atoms with Crippen LogP contribution in [0.2, 0.25) is 0 Å². The molecule has 0 aliphatic heterocycles. The van der Waals surface area contributed by atoms with E-state index in [0.29, 0.717) is 23.3 Å². The molecule has 1 saturated carbocycles. The molecule has 1 aromatic carbocycles. The number of aromatic carboxylic acids is 1. The lowest BCUT2D eigenvalue weighted by molar-refractivity contribution is 0.0698. The van der Waals surface area contributed by atoms with Crippen LogP contribution in [0.25, 0.3) is 0 Å². The molecule has 1 fully saturated rings. The predicted molar refractivity (Wildman–Crippen MR) is 76.9 cm³/mol. The zero-order valence-electron chi connectivity index (χ0n) is 11.8. The number of hydrogen-bond donors (Lipinski definition) is 2. The molecule has 0 heterocycles. The van der Waals surface area contributed by atoms with Crippen LogP contribution in [0.15, 0.2) is 18.2 Å². The number of benzene rings is 1. The highest BCUT2D eigenvalue weighted by atomic mass is 16.4. The van der Waals surface area contributed by atoms with Crippen molar-refractivity contribution in [1.29, 1.82) is 0 Å². The van der Waals surface area contributed by atoms with Crippen molar-refractivity contribution in [1.82, 2.24) is 4.90 Å². The molecule has 1 unspecified atom stereocenters. The van der Waals surface area contributed by atoms with Gasteiger partial charge in [-0.2, -0.15) is 0 Å². The monoisotopic (exact) mass is 262 g/mol. The van der Waals surface area contributed by atoms with Gasteiger partial charge < -0.3 is 10.4 Å². The van der Waals surface area contributed by atoms with Gasteiger partial charge in [0.05, 0.1) is 5.56 Å². The molecule has 0 radical (unpaired) electrons. The Morgan fingerprint density at radius 3 is 2.79 bits per heavy atom. The minimum absolute atomic E-state index is 0.340. The van der Waals surface area contributed by atoms with Crippen molar-refractivity contribution in [3.63, 3.8) is 0 Å². The first-order chi connectivity index (χ1) is 8.99. The fourth-order valence-corrected chi connectivity index (χ4v) is 2.23. The van der Waals surface area contributed by atoms with E-state index in [9.17, 15) is 9.90 Å². The van der Waals surface area contributed by atoms with Gasteiger partial charge >= 0.3 is 5.97 Å². The summed E-state index contributed by atoms with van der Waals surface area (Å²) >= 11 is 0. The lowest BCUT2D eigenvalue weighted by Gasteiger charge is -2.25. The maximum Gasteiger partial charge on any atom is 0.337 e. The number of carbonyl (C=O) groups is 1. The highest BCUT2D eigenvalue weighted by Gasteiger charge is 2.29. The molecule has 0 bridgehead atoms. The van der Waals surface area contributed by atoms with Gasteiger partial charge in [0, 0.05) is 24.3 Å². The van der Waals surface area contributed by atoms with E-state index in [0.717, 1.165) is 12.1 Å².